The lowest BCUT2D eigenvalue weighted by molar-refractivity contribution is 0.0827. The number of urea groups is 1. The smallest absolute Gasteiger partial charge is 0.321 e. The highest BCUT2D eigenvalue weighted by Gasteiger charge is 2.16. The third-order valence-electron chi connectivity index (χ3n) is 4.67. The number of nitrogens with one attached hydrogen (secondary N) is 1. The predicted octanol–water partition coefficient (Wildman–Crippen LogP) is 2.95. The average Bonchev–Trinajstić information content (AvgIpc) is 3.02. The molecule has 0 unspecified atom stereocenters. The van der Waals surface area contributed by atoms with Gasteiger partial charge in [-0.25, -0.2) is 9.78 Å². The van der Waals surface area contributed by atoms with Crippen LogP contribution < -0.4 is 10.1 Å². The first-order chi connectivity index (χ1) is 13.8. The molecule has 3 aromatic rings. The largest absolute Gasteiger partial charge is 0.497 e. The molecule has 8 heteroatoms. The van der Waals surface area contributed by atoms with Gasteiger partial charge in [-0.3, -0.25) is 4.79 Å². The van der Waals surface area contributed by atoms with Gasteiger partial charge in [0.15, 0.2) is 0 Å². The molecule has 1 N–H and O–H groups in total. The fourth-order valence-corrected chi connectivity index (χ4v) is 2.99. The molecule has 2 aromatic carbocycles. The van der Waals surface area contributed by atoms with Gasteiger partial charge in [0.1, 0.15) is 11.6 Å². The van der Waals surface area contributed by atoms with Gasteiger partial charge in [0, 0.05) is 45.5 Å². The Morgan fingerprint density at radius 1 is 1.14 bits per heavy atom. The van der Waals surface area contributed by atoms with Gasteiger partial charge in [0.2, 0.25) is 0 Å². The van der Waals surface area contributed by atoms with E-state index in [4.69, 9.17) is 4.74 Å². The van der Waals surface area contributed by atoms with E-state index < -0.39 is 0 Å². The molecule has 3 amide bonds. The molecule has 1 aromatic heterocycles. The van der Waals surface area contributed by atoms with E-state index in [2.05, 4.69) is 10.3 Å². The van der Waals surface area contributed by atoms with E-state index in [1.165, 1.54) is 4.90 Å². The van der Waals surface area contributed by atoms with Crippen molar-refractivity contribution in [2.45, 2.75) is 6.54 Å². The van der Waals surface area contributed by atoms with Gasteiger partial charge in [0.25, 0.3) is 5.91 Å². The zero-order valence-electron chi connectivity index (χ0n) is 17.3. The molecule has 0 aliphatic carbocycles. The summed E-state index contributed by atoms with van der Waals surface area (Å²) in [7, 11) is 8.61. The number of nitrogens with zero attached hydrogens (tertiary/aromatic N) is 4. The second kappa shape index (κ2) is 8.22. The Hall–Kier alpha value is -3.55. The minimum absolute atomic E-state index is 0.0751. The summed E-state index contributed by atoms with van der Waals surface area (Å²) in [6.07, 6.45) is 0. The molecule has 0 saturated carbocycles. The molecule has 3 rings (SSSR count). The first-order valence-electron chi connectivity index (χ1n) is 9.13. The number of hydrogen-bond donors (Lipinski definition) is 1. The van der Waals surface area contributed by atoms with Crippen LogP contribution in [0, 0.1) is 0 Å². The minimum Gasteiger partial charge on any atom is -0.497 e. The maximum absolute atomic E-state index is 12.5. The van der Waals surface area contributed by atoms with Gasteiger partial charge in [-0.15, -0.1) is 0 Å². The van der Waals surface area contributed by atoms with Crippen molar-refractivity contribution in [2.24, 2.45) is 7.05 Å². The predicted molar refractivity (Wildman–Crippen MR) is 112 cm³/mol. The summed E-state index contributed by atoms with van der Waals surface area (Å²) in [5.74, 6) is 1.32. The van der Waals surface area contributed by atoms with Crippen LogP contribution in [-0.4, -0.2) is 59.5 Å². The molecule has 152 valence electrons. The molecule has 0 bridgehead atoms. The van der Waals surface area contributed by atoms with Crippen molar-refractivity contribution in [1.29, 1.82) is 0 Å². The summed E-state index contributed by atoms with van der Waals surface area (Å²) < 4.78 is 7.10. The maximum atomic E-state index is 12.5. The van der Waals surface area contributed by atoms with Gasteiger partial charge in [-0.05, 0) is 30.3 Å². The first kappa shape index (κ1) is 20.2. The Balaban J connectivity index is 1.77. The van der Waals surface area contributed by atoms with Crippen LogP contribution in [0.5, 0.6) is 5.75 Å². The molecule has 1 heterocycles. The van der Waals surface area contributed by atoms with E-state index in [-0.39, 0.29) is 11.9 Å². The van der Waals surface area contributed by atoms with Crippen molar-refractivity contribution >= 4 is 28.7 Å². The lowest BCUT2D eigenvalue weighted by Gasteiger charge is -2.18. The van der Waals surface area contributed by atoms with Crippen LogP contribution >= 0.6 is 0 Å². The molecular formula is C21H25N5O3. The molecule has 0 atom stereocenters. The van der Waals surface area contributed by atoms with Crippen LogP contribution in [0.3, 0.4) is 0 Å². The van der Waals surface area contributed by atoms with Crippen LogP contribution in [0.25, 0.3) is 11.0 Å². The van der Waals surface area contributed by atoms with Gasteiger partial charge in [0.05, 0.1) is 24.7 Å². The van der Waals surface area contributed by atoms with Gasteiger partial charge in [-0.1, -0.05) is 6.07 Å². The number of rotatable bonds is 5. The minimum atomic E-state index is -0.256. The fraction of sp³-hybridized carbons (Fsp3) is 0.286. The molecule has 0 fully saturated rings. The first-order valence-corrected chi connectivity index (χ1v) is 9.13. The van der Waals surface area contributed by atoms with Crippen LogP contribution in [0.15, 0.2) is 42.5 Å². The van der Waals surface area contributed by atoms with Gasteiger partial charge in [-0.2, -0.15) is 0 Å². The molecular weight excluding hydrogens is 370 g/mol. The topological polar surface area (TPSA) is 79.7 Å². The summed E-state index contributed by atoms with van der Waals surface area (Å²) in [4.78, 5) is 32.4. The van der Waals surface area contributed by atoms with E-state index >= 15 is 0 Å². The van der Waals surface area contributed by atoms with Crippen molar-refractivity contribution in [2.75, 3.05) is 33.6 Å². The van der Waals surface area contributed by atoms with Crippen molar-refractivity contribution in [1.82, 2.24) is 19.4 Å². The SMILES string of the molecule is COc1cccc(NC(=O)N(C)Cc2nc3cc(C(=O)N(C)C)ccc3n2C)c1. The van der Waals surface area contributed by atoms with E-state index in [0.29, 0.717) is 23.5 Å². The number of carbonyl (C=O) groups is 2. The number of imidazole rings is 1. The molecule has 0 aliphatic heterocycles. The van der Waals surface area contributed by atoms with Crippen molar-refractivity contribution < 1.29 is 14.3 Å². The number of aromatic nitrogens is 2. The highest BCUT2D eigenvalue weighted by molar-refractivity contribution is 5.97. The highest BCUT2D eigenvalue weighted by Crippen LogP contribution is 2.20. The van der Waals surface area contributed by atoms with E-state index in [1.807, 2.05) is 29.8 Å². The standard InChI is InChI=1S/C21H25N5O3/c1-24(2)20(27)14-9-10-18-17(11-14)23-19(26(18)4)13-25(3)21(28)22-15-7-6-8-16(12-15)29-5/h6-12H,13H2,1-5H3,(H,22,28). The van der Waals surface area contributed by atoms with E-state index in [9.17, 15) is 9.59 Å². The lowest BCUT2D eigenvalue weighted by Crippen LogP contribution is -2.31. The molecule has 29 heavy (non-hydrogen) atoms. The van der Waals surface area contributed by atoms with Crippen molar-refractivity contribution in [3.63, 3.8) is 0 Å². The van der Waals surface area contributed by atoms with Crippen molar-refractivity contribution in [3.05, 3.63) is 53.9 Å². The molecule has 8 nitrogen and oxygen atoms in total. The summed E-state index contributed by atoms with van der Waals surface area (Å²) in [5, 5.41) is 2.85. The van der Waals surface area contributed by atoms with Gasteiger partial charge >= 0.3 is 6.03 Å². The van der Waals surface area contributed by atoms with Crippen LogP contribution in [0.1, 0.15) is 16.2 Å². The average molecular weight is 395 g/mol. The third kappa shape index (κ3) is 4.31. The number of ether oxygens (including phenoxy) is 1. The Morgan fingerprint density at radius 3 is 2.59 bits per heavy atom. The zero-order chi connectivity index (χ0) is 21.1. The van der Waals surface area contributed by atoms with Crippen LogP contribution in [0.4, 0.5) is 10.5 Å². The Kier molecular flexibility index (Phi) is 5.72. The fourth-order valence-electron chi connectivity index (χ4n) is 2.99. The normalized spacial score (nSPS) is 10.7. The highest BCUT2D eigenvalue weighted by atomic mass is 16.5. The van der Waals surface area contributed by atoms with Crippen LogP contribution in [0.2, 0.25) is 0 Å². The lowest BCUT2D eigenvalue weighted by atomic mass is 10.2. The maximum Gasteiger partial charge on any atom is 0.321 e. The quantitative estimate of drug-likeness (QED) is 0.720. The molecule has 0 radical (unpaired) electrons. The Morgan fingerprint density at radius 2 is 1.90 bits per heavy atom. The number of amides is 3. The van der Waals surface area contributed by atoms with E-state index in [0.717, 1.165) is 16.9 Å². The summed E-state index contributed by atoms with van der Waals surface area (Å²) in [6.45, 7) is 0.317. The number of carbonyl (C=O) groups excluding carboxylic acids is 2. The van der Waals surface area contributed by atoms with Crippen molar-refractivity contribution in [3.8, 4) is 5.75 Å². The Bertz CT molecular complexity index is 1060. The Labute approximate surface area is 169 Å². The number of hydrogen-bond acceptors (Lipinski definition) is 4. The molecule has 0 spiro atoms. The molecule has 0 aliphatic rings. The van der Waals surface area contributed by atoms with Gasteiger partial charge < -0.3 is 24.4 Å². The number of benzene rings is 2. The number of methoxy groups -OCH3 is 1. The summed E-state index contributed by atoms with van der Waals surface area (Å²) in [5.41, 5.74) is 2.85. The second-order valence-corrected chi connectivity index (χ2v) is 7.01. The third-order valence-corrected chi connectivity index (χ3v) is 4.67. The van der Waals surface area contributed by atoms with E-state index in [1.54, 1.807) is 57.4 Å². The zero-order valence-corrected chi connectivity index (χ0v) is 17.3. The number of aryl methyl sites for hydroxylation is 1. The number of anilines is 1. The monoisotopic (exact) mass is 395 g/mol. The summed E-state index contributed by atoms with van der Waals surface area (Å²) >= 11 is 0. The summed E-state index contributed by atoms with van der Waals surface area (Å²) in [6, 6.07) is 12.4. The van der Waals surface area contributed by atoms with Crippen LogP contribution in [-0.2, 0) is 13.6 Å². The molecule has 0 saturated heterocycles. The second-order valence-electron chi connectivity index (χ2n) is 7.01. The number of fused-ring (bicyclic) bond motifs is 1.